The topological polar surface area (TPSA) is 38.9 Å². The number of nitrogens with two attached hydrogens (primary N) is 1. The summed E-state index contributed by atoms with van der Waals surface area (Å²) in [7, 11) is 0. The number of aryl methyl sites for hydroxylation is 2. The van der Waals surface area contributed by atoms with Crippen molar-refractivity contribution in [2.75, 3.05) is 5.73 Å². The van der Waals surface area contributed by atoms with Gasteiger partial charge >= 0.3 is 0 Å². The minimum atomic E-state index is 0.599. The molecule has 0 aliphatic carbocycles. The highest BCUT2D eigenvalue weighted by Crippen LogP contribution is 2.32. The zero-order chi connectivity index (χ0) is 13.4. The Labute approximate surface area is 112 Å². The fourth-order valence-electron chi connectivity index (χ4n) is 2.49. The summed E-state index contributed by atoms with van der Waals surface area (Å²) in [5, 5.41) is 2.51. The van der Waals surface area contributed by atoms with Gasteiger partial charge < -0.3 is 5.73 Å². The van der Waals surface area contributed by atoms with Crippen molar-refractivity contribution in [3.05, 3.63) is 59.8 Å². The predicted molar refractivity (Wildman–Crippen MR) is 81.1 cm³/mol. The van der Waals surface area contributed by atoms with Gasteiger partial charge in [-0.3, -0.25) is 0 Å². The van der Waals surface area contributed by atoms with Gasteiger partial charge in [0.25, 0.3) is 0 Å². The monoisotopic (exact) mass is 248 g/mol. The number of hydrogen-bond donors (Lipinski definition) is 1. The summed E-state index contributed by atoms with van der Waals surface area (Å²) in [6.45, 7) is 4.12. The molecule has 0 aliphatic heterocycles. The van der Waals surface area contributed by atoms with Crippen LogP contribution in [0.4, 0.5) is 5.82 Å². The summed E-state index contributed by atoms with van der Waals surface area (Å²) in [4.78, 5) is 4.28. The van der Waals surface area contributed by atoms with Gasteiger partial charge in [0.2, 0.25) is 0 Å². The number of fused-ring (bicyclic) bond motifs is 1. The number of anilines is 1. The molecule has 0 radical (unpaired) electrons. The second-order valence-electron chi connectivity index (χ2n) is 4.90. The molecule has 0 bridgehead atoms. The molecular weight excluding hydrogens is 232 g/mol. The van der Waals surface area contributed by atoms with E-state index in [4.69, 9.17) is 5.73 Å². The number of nitrogen functional groups attached to an aromatic ring is 1. The van der Waals surface area contributed by atoms with Crippen LogP contribution in [0.25, 0.3) is 21.9 Å². The molecule has 2 heteroatoms. The van der Waals surface area contributed by atoms with Crippen LogP contribution in [0.1, 0.15) is 11.1 Å². The predicted octanol–water partition coefficient (Wildman–Crippen LogP) is 4.10. The van der Waals surface area contributed by atoms with Crippen LogP contribution in [0.3, 0.4) is 0 Å². The van der Waals surface area contributed by atoms with Crippen molar-refractivity contribution in [3.8, 4) is 11.1 Å². The summed E-state index contributed by atoms with van der Waals surface area (Å²) in [5.41, 5.74) is 10.4. The molecule has 3 aromatic rings. The highest BCUT2D eigenvalue weighted by atomic mass is 14.8. The summed E-state index contributed by atoms with van der Waals surface area (Å²) in [6.07, 6.45) is 1.86. The molecule has 3 rings (SSSR count). The summed E-state index contributed by atoms with van der Waals surface area (Å²) >= 11 is 0. The third-order valence-electron chi connectivity index (χ3n) is 3.54. The zero-order valence-corrected chi connectivity index (χ0v) is 11.1. The number of pyridine rings is 1. The maximum Gasteiger partial charge on any atom is 0.126 e. The van der Waals surface area contributed by atoms with Crippen LogP contribution in [0.2, 0.25) is 0 Å². The minimum Gasteiger partial charge on any atom is -0.383 e. The fourth-order valence-corrected chi connectivity index (χ4v) is 2.49. The molecular formula is C17H16N2. The van der Waals surface area contributed by atoms with Gasteiger partial charge in [-0.2, -0.15) is 0 Å². The van der Waals surface area contributed by atoms with Crippen molar-refractivity contribution in [1.29, 1.82) is 0 Å². The van der Waals surface area contributed by atoms with Crippen LogP contribution in [0, 0.1) is 13.8 Å². The van der Waals surface area contributed by atoms with Crippen LogP contribution in [0.15, 0.2) is 48.7 Å². The summed E-state index contributed by atoms with van der Waals surface area (Å²) < 4.78 is 0. The molecule has 2 N–H and O–H groups in total. The molecule has 0 spiro atoms. The van der Waals surface area contributed by atoms with Crippen LogP contribution in [-0.2, 0) is 0 Å². The van der Waals surface area contributed by atoms with Crippen LogP contribution in [0.5, 0.6) is 0 Å². The van der Waals surface area contributed by atoms with E-state index in [0.29, 0.717) is 5.82 Å². The molecule has 94 valence electrons. The average Bonchev–Trinajstić information content (AvgIpc) is 2.42. The zero-order valence-electron chi connectivity index (χ0n) is 11.1. The van der Waals surface area contributed by atoms with Crippen LogP contribution < -0.4 is 5.73 Å². The first-order valence-electron chi connectivity index (χ1n) is 6.37. The Morgan fingerprint density at radius 2 is 1.74 bits per heavy atom. The third kappa shape index (κ3) is 1.95. The Hall–Kier alpha value is -2.35. The smallest absolute Gasteiger partial charge is 0.126 e. The van der Waals surface area contributed by atoms with E-state index in [0.717, 1.165) is 11.1 Å². The third-order valence-corrected chi connectivity index (χ3v) is 3.54. The van der Waals surface area contributed by atoms with E-state index in [1.165, 1.54) is 21.9 Å². The number of aromatic nitrogens is 1. The molecule has 0 unspecified atom stereocenters. The first-order chi connectivity index (χ1) is 9.16. The highest BCUT2D eigenvalue weighted by Gasteiger charge is 2.08. The number of rotatable bonds is 1. The van der Waals surface area contributed by atoms with E-state index in [9.17, 15) is 0 Å². The van der Waals surface area contributed by atoms with E-state index >= 15 is 0 Å². The lowest BCUT2D eigenvalue weighted by atomic mass is 9.94. The maximum absolute atomic E-state index is 5.81. The molecule has 1 heterocycles. The second kappa shape index (κ2) is 4.39. The number of hydrogen-bond acceptors (Lipinski definition) is 2. The number of nitrogens with zero attached hydrogens (tertiary/aromatic N) is 1. The molecule has 19 heavy (non-hydrogen) atoms. The average molecular weight is 248 g/mol. The molecule has 0 aliphatic rings. The maximum atomic E-state index is 5.81. The Morgan fingerprint density at radius 3 is 2.53 bits per heavy atom. The van der Waals surface area contributed by atoms with Gasteiger partial charge in [-0.15, -0.1) is 0 Å². The van der Waals surface area contributed by atoms with Gasteiger partial charge in [0.1, 0.15) is 5.82 Å². The molecule has 0 saturated heterocycles. The molecule has 2 nitrogen and oxygen atoms in total. The summed E-state index contributed by atoms with van der Waals surface area (Å²) in [5.74, 6) is 0.599. The second-order valence-corrected chi connectivity index (χ2v) is 4.90. The van der Waals surface area contributed by atoms with Crippen LogP contribution in [-0.4, -0.2) is 4.98 Å². The fraction of sp³-hybridized carbons (Fsp3) is 0.118. The van der Waals surface area contributed by atoms with Crippen molar-refractivity contribution in [2.24, 2.45) is 0 Å². The summed E-state index contributed by atoms with van der Waals surface area (Å²) in [6, 6.07) is 14.8. The molecule has 0 amide bonds. The first kappa shape index (κ1) is 11.7. The standard InChI is InChI=1S/C17H16N2/c1-11-7-8-13-5-3-4-6-15(13)16(11)14-9-12(2)17(18)19-10-14/h3-10H,1-2H3,(H2,18,19). The largest absolute Gasteiger partial charge is 0.383 e. The van der Waals surface area contributed by atoms with E-state index in [2.05, 4.69) is 54.4 Å². The van der Waals surface area contributed by atoms with Crippen molar-refractivity contribution in [2.45, 2.75) is 13.8 Å². The quantitative estimate of drug-likeness (QED) is 0.704. The SMILES string of the molecule is Cc1cc(-c2c(C)ccc3ccccc23)cnc1N. The van der Waals surface area contributed by atoms with E-state index in [1.807, 2.05) is 13.1 Å². The lowest BCUT2D eigenvalue weighted by molar-refractivity contribution is 1.28. The van der Waals surface area contributed by atoms with E-state index in [1.54, 1.807) is 0 Å². The lowest BCUT2D eigenvalue weighted by Crippen LogP contribution is -1.95. The molecule has 0 saturated carbocycles. The molecule has 0 atom stereocenters. The van der Waals surface area contributed by atoms with Crippen LogP contribution >= 0.6 is 0 Å². The van der Waals surface area contributed by atoms with Gasteiger partial charge in [-0.1, -0.05) is 36.4 Å². The Balaban J connectivity index is 2.34. The Kier molecular flexibility index (Phi) is 2.71. The van der Waals surface area contributed by atoms with Gasteiger partial charge in [-0.05, 0) is 47.4 Å². The highest BCUT2D eigenvalue weighted by molar-refractivity contribution is 5.98. The van der Waals surface area contributed by atoms with E-state index < -0.39 is 0 Å². The van der Waals surface area contributed by atoms with Gasteiger partial charge in [-0.25, -0.2) is 4.98 Å². The van der Waals surface area contributed by atoms with Crippen molar-refractivity contribution in [1.82, 2.24) is 4.98 Å². The van der Waals surface area contributed by atoms with Crippen molar-refractivity contribution >= 4 is 16.6 Å². The Morgan fingerprint density at radius 1 is 0.947 bits per heavy atom. The Bertz CT molecular complexity index is 760. The van der Waals surface area contributed by atoms with Gasteiger partial charge in [0.05, 0.1) is 0 Å². The van der Waals surface area contributed by atoms with Crippen molar-refractivity contribution in [3.63, 3.8) is 0 Å². The number of benzene rings is 2. The molecule has 0 fully saturated rings. The lowest BCUT2D eigenvalue weighted by Gasteiger charge is -2.11. The van der Waals surface area contributed by atoms with Crippen molar-refractivity contribution < 1.29 is 0 Å². The van der Waals surface area contributed by atoms with E-state index in [-0.39, 0.29) is 0 Å². The van der Waals surface area contributed by atoms with Gasteiger partial charge in [0, 0.05) is 11.8 Å². The molecule has 2 aromatic carbocycles. The molecule has 1 aromatic heterocycles. The van der Waals surface area contributed by atoms with Gasteiger partial charge in [0.15, 0.2) is 0 Å². The minimum absolute atomic E-state index is 0.599. The first-order valence-corrected chi connectivity index (χ1v) is 6.37. The normalized spacial score (nSPS) is 10.8.